The number of ether oxygens (including phenoxy) is 1. The summed E-state index contributed by atoms with van der Waals surface area (Å²) in [4.78, 5) is 33.2. The highest BCUT2D eigenvalue weighted by Crippen LogP contribution is 2.29. The van der Waals surface area contributed by atoms with E-state index in [4.69, 9.17) is 16.3 Å². The molecule has 200 valence electrons. The van der Waals surface area contributed by atoms with Crippen LogP contribution in [0.4, 0.5) is 0 Å². The Labute approximate surface area is 229 Å². The van der Waals surface area contributed by atoms with E-state index < -0.39 is 0 Å². The lowest BCUT2D eigenvalue weighted by molar-refractivity contribution is -0.133. The first-order chi connectivity index (χ1) is 18.6. The van der Waals surface area contributed by atoms with Gasteiger partial charge in [0.25, 0.3) is 5.91 Å². The number of morpholine rings is 1. The number of amides is 2. The van der Waals surface area contributed by atoms with E-state index in [2.05, 4.69) is 33.9 Å². The number of carbonyl (C=O) groups excluding carboxylic acids is 2. The van der Waals surface area contributed by atoms with Crippen LogP contribution in [0.3, 0.4) is 0 Å². The molecule has 3 aromatic rings. The third-order valence-corrected chi connectivity index (χ3v) is 7.47. The van der Waals surface area contributed by atoms with Crippen LogP contribution in [0.25, 0.3) is 0 Å². The molecule has 0 atom stereocenters. The number of benzene rings is 2. The van der Waals surface area contributed by atoms with Gasteiger partial charge in [-0.05, 0) is 48.7 Å². The molecular formula is C30H35ClN4O3. The van der Waals surface area contributed by atoms with Gasteiger partial charge in [0.15, 0.2) is 0 Å². The zero-order valence-corrected chi connectivity index (χ0v) is 22.4. The Balaban J connectivity index is 1.30. The number of hydrogen-bond acceptors (Lipinski definition) is 4. The molecule has 0 N–H and O–H groups in total. The van der Waals surface area contributed by atoms with Crippen molar-refractivity contribution in [2.75, 3.05) is 45.9 Å². The highest BCUT2D eigenvalue weighted by atomic mass is 35.5. The van der Waals surface area contributed by atoms with Crippen molar-refractivity contribution < 1.29 is 14.3 Å². The summed E-state index contributed by atoms with van der Waals surface area (Å²) in [7, 11) is 0. The van der Waals surface area contributed by atoms with Crippen LogP contribution >= 0.6 is 11.6 Å². The van der Waals surface area contributed by atoms with Crippen molar-refractivity contribution in [2.45, 2.75) is 32.0 Å². The predicted molar refractivity (Wildman–Crippen MR) is 148 cm³/mol. The number of hydrogen-bond donors (Lipinski definition) is 0. The highest BCUT2D eigenvalue weighted by Gasteiger charge is 2.34. The Morgan fingerprint density at radius 2 is 1.76 bits per heavy atom. The highest BCUT2D eigenvalue weighted by molar-refractivity contribution is 6.31. The molecular weight excluding hydrogens is 500 g/mol. The SMILES string of the molecule is O=C(c1cccc(Cl)c1)N(CCN1CCOCC1)CC(=O)N(Cc1cccn1Cc1ccccc1)C1CC1. The molecule has 1 aliphatic heterocycles. The first-order valence-corrected chi connectivity index (χ1v) is 13.8. The number of carbonyl (C=O) groups is 2. The number of nitrogens with zero attached hydrogens (tertiary/aromatic N) is 4. The van der Waals surface area contributed by atoms with Crippen molar-refractivity contribution in [2.24, 2.45) is 0 Å². The molecule has 38 heavy (non-hydrogen) atoms. The summed E-state index contributed by atoms with van der Waals surface area (Å²) in [5, 5.41) is 0.508. The van der Waals surface area contributed by atoms with Crippen LogP contribution in [0.15, 0.2) is 72.9 Å². The molecule has 2 amide bonds. The second kappa shape index (κ2) is 12.6. The fourth-order valence-corrected chi connectivity index (χ4v) is 5.10. The zero-order chi connectivity index (χ0) is 26.3. The van der Waals surface area contributed by atoms with Crippen molar-refractivity contribution in [1.82, 2.24) is 19.3 Å². The largest absolute Gasteiger partial charge is 0.379 e. The minimum atomic E-state index is -0.169. The minimum Gasteiger partial charge on any atom is -0.379 e. The van der Waals surface area contributed by atoms with E-state index in [1.165, 1.54) is 5.56 Å². The van der Waals surface area contributed by atoms with E-state index in [0.29, 0.717) is 43.4 Å². The minimum absolute atomic E-state index is 0.0164. The maximum absolute atomic E-state index is 13.7. The number of rotatable bonds is 11. The molecule has 2 fully saturated rings. The van der Waals surface area contributed by atoms with Gasteiger partial charge in [0.2, 0.25) is 5.91 Å². The van der Waals surface area contributed by atoms with E-state index >= 15 is 0 Å². The standard InChI is InChI=1S/C30H35ClN4O3/c31-26-9-4-8-25(20-26)30(37)34(15-14-32-16-18-38-19-17-32)23-29(36)35(27-11-12-27)22-28-10-5-13-33(28)21-24-6-2-1-3-7-24/h1-10,13,20,27H,11-12,14-19,21-23H2. The molecule has 0 unspecified atom stereocenters. The van der Waals surface area contributed by atoms with E-state index in [9.17, 15) is 9.59 Å². The monoisotopic (exact) mass is 534 g/mol. The van der Waals surface area contributed by atoms with Crippen molar-refractivity contribution in [3.05, 3.63) is 94.8 Å². The molecule has 1 aromatic heterocycles. The Hall–Kier alpha value is -3.13. The molecule has 5 rings (SSSR count). The maximum atomic E-state index is 13.7. The lowest BCUT2D eigenvalue weighted by atomic mass is 10.2. The molecule has 8 heteroatoms. The summed E-state index contributed by atoms with van der Waals surface area (Å²) >= 11 is 6.18. The average molecular weight is 535 g/mol. The third-order valence-electron chi connectivity index (χ3n) is 7.23. The fraction of sp³-hybridized carbons (Fsp3) is 0.400. The summed E-state index contributed by atoms with van der Waals surface area (Å²) in [6, 6.07) is 21.6. The first kappa shape index (κ1) is 26.5. The quantitative estimate of drug-likeness (QED) is 0.371. The van der Waals surface area contributed by atoms with E-state index in [1.807, 2.05) is 29.2 Å². The predicted octanol–water partition coefficient (Wildman–Crippen LogP) is 4.16. The van der Waals surface area contributed by atoms with Crippen molar-refractivity contribution >= 4 is 23.4 Å². The molecule has 0 spiro atoms. The van der Waals surface area contributed by atoms with Crippen LogP contribution in [0, 0.1) is 0 Å². The third kappa shape index (κ3) is 7.04. The lowest BCUT2D eigenvalue weighted by Crippen LogP contribution is -2.47. The summed E-state index contributed by atoms with van der Waals surface area (Å²) in [5.41, 5.74) is 2.81. The second-order valence-electron chi connectivity index (χ2n) is 10.1. The van der Waals surface area contributed by atoms with Crippen molar-refractivity contribution in [3.63, 3.8) is 0 Å². The summed E-state index contributed by atoms with van der Waals surface area (Å²) in [5.74, 6) is -0.186. The molecule has 0 bridgehead atoms. The smallest absolute Gasteiger partial charge is 0.254 e. The summed E-state index contributed by atoms with van der Waals surface area (Å²) in [6.45, 7) is 5.57. The molecule has 2 aromatic carbocycles. The molecule has 1 aliphatic carbocycles. The van der Waals surface area contributed by atoms with Crippen molar-refractivity contribution in [1.29, 1.82) is 0 Å². The van der Waals surface area contributed by atoms with Crippen LogP contribution in [0.2, 0.25) is 5.02 Å². The molecule has 1 saturated heterocycles. The van der Waals surface area contributed by atoms with Gasteiger partial charge >= 0.3 is 0 Å². The maximum Gasteiger partial charge on any atom is 0.254 e. The van der Waals surface area contributed by atoms with Gasteiger partial charge in [-0.1, -0.05) is 48.0 Å². The van der Waals surface area contributed by atoms with Gasteiger partial charge in [-0.25, -0.2) is 0 Å². The van der Waals surface area contributed by atoms with Gasteiger partial charge in [0.1, 0.15) is 6.54 Å². The van der Waals surface area contributed by atoms with Gasteiger partial charge in [0, 0.05) is 61.2 Å². The Bertz CT molecular complexity index is 1220. The van der Waals surface area contributed by atoms with E-state index in [1.54, 1.807) is 29.2 Å². The molecule has 2 heterocycles. The summed E-state index contributed by atoms with van der Waals surface area (Å²) in [6.07, 6.45) is 4.07. The number of aromatic nitrogens is 1. The van der Waals surface area contributed by atoms with Gasteiger partial charge in [-0.15, -0.1) is 0 Å². The molecule has 0 radical (unpaired) electrons. The van der Waals surface area contributed by atoms with Crippen molar-refractivity contribution in [3.8, 4) is 0 Å². The van der Waals surface area contributed by atoms with Crippen LogP contribution < -0.4 is 0 Å². The second-order valence-corrected chi connectivity index (χ2v) is 10.5. The first-order valence-electron chi connectivity index (χ1n) is 13.4. The van der Waals surface area contributed by atoms with Crippen LogP contribution in [0.5, 0.6) is 0 Å². The number of halogens is 1. The average Bonchev–Trinajstić information content (AvgIpc) is 3.69. The Kier molecular flexibility index (Phi) is 8.79. The lowest BCUT2D eigenvalue weighted by Gasteiger charge is -2.31. The Morgan fingerprint density at radius 3 is 2.50 bits per heavy atom. The van der Waals surface area contributed by atoms with Gasteiger partial charge < -0.3 is 19.1 Å². The van der Waals surface area contributed by atoms with E-state index in [-0.39, 0.29) is 24.4 Å². The molecule has 7 nitrogen and oxygen atoms in total. The molecule has 2 aliphatic rings. The summed E-state index contributed by atoms with van der Waals surface area (Å²) < 4.78 is 7.66. The zero-order valence-electron chi connectivity index (χ0n) is 21.7. The normalized spacial score (nSPS) is 15.8. The Morgan fingerprint density at radius 1 is 0.974 bits per heavy atom. The molecule has 1 saturated carbocycles. The van der Waals surface area contributed by atoms with E-state index in [0.717, 1.165) is 38.2 Å². The van der Waals surface area contributed by atoms with Gasteiger partial charge in [-0.3, -0.25) is 14.5 Å². The van der Waals surface area contributed by atoms with Gasteiger partial charge in [0.05, 0.1) is 19.8 Å². The van der Waals surface area contributed by atoms with Gasteiger partial charge in [-0.2, -0.15) is 0 Å². The van der Waals surface area contributed by atoms with Crippen LogP contribution in [-0.2, 0) is 22.6 Å². The fourth-order valence-electron chi connectivity index (χ4n) is 4.91. The topological polar surface area (TPSA) is 58.0 Å². The van der Waals surface area contributed by atoms with Crippen LogP contribution in [-0.4, -0.2) is 83.1 Å². The van der Waals surface area contributed by atoms with Crippen LogP contribution in [0.1, 0.15) is 34.5 Å².